The molecule has 1 heterocycles. The molecule has 2 aromatic rings. The van der Waals surface area contributed by atoms with Gasteiger partial charge in [-0.1, -0.05) is 18.2 Å². The molecular formula is C21H25N3O3. The molecule has 3 rings (SSSR count). The Morgan fingerprint density at radius 2 is 1.96 bits per heavy atom. The highest BCUT2D eigenvalue weighted by molar-refractivity contribution is 6.07. The number of rotatable bonds is 6. The summed E-state index contributed by atoms with van der Waals surface area (Å²) in [7, 11) is 1.63. The maximum atomic E-state index is 12.3. The first kappa shape index (κ1) is 18.9. The maximum Gasteiger partial charge on any atom is 0.238 e. The fourth-order valence-electron chi connectivity index (χ4n) is 3.28. The van der Waals surface area contributed by atoms with Crippen molar-refractivity contribution < 1.29 is 14.3 Å². The van der Waals surface area contributed by atoms with E-state index in [0.29, 0.717) is 12.2 Å². The molecule has 0 bridgehead atoms. The van der Waals surface area contributed by atoms with Gasteiger partial charge in [0.15, 0.2) is 0 Å². The summed E-state index contributed by atoms with van der Waals surface area (Å²) < 4.78 is 5.31. The van der Waals surface area contributed by atoms with E-state index in [1.807, 2.05) is 57.2 Å². The van der Waals surface area contributed by atoms with Gasteiger partial charge in [0.05, 0.1) is 19.1 Å². The normalized spacial score (nSPS) is 14.4. The molecule has 2 amide bonds. The summed E-state index contributed by atoms with van der Waals surface area (Å²) in [6.07, 6.45) is 0. The highest BCUT2D eigenvalue weighted by Gasteiger charge is 2.39. The fourth-order valence-corrected chi connectivity index (χ4v) is 3.28. The van der Waals surface area contributed by atoms with Crippen LogP contribution < -0.4 is 20.7 Å². The molecule has 0 fully saturated rings. The lowest BCUT2D eigenvalue weighted by atomic mass is 9.85. The van der Waals surface area contributed by atoms with Crippen LogP contribution in [0.2, 0.25) is 0 Å². The van der Waals surface area contributed by atoms with Gasteiger partial charge in [0.2, 0.25) is 11.8 Å². The maximum absolute atomic E-state index is 12.3. The van der Waals surface area contributed by atoms with Gasteiger partial charge in [-0.2, -0.15) is 0 Å². The molecule has 0 unspecified atom stereocenters. The van der Waals surface area contributed by atoms with E-state index < -0.39 is 5.41 Å². The molecule has 3 N–H and O–H groups in total. The second kappa shape index (κ2) is 7.40. The van der Waals surface area contributed by atoms with E-state index in [2.05, 4.69) is 16.0 Å². The van der Waals surface area contributed by atoms with Crippen LogP contribution in [0.3, 0.4) is 0 Å². The Morgan fingerprint density at radius 1 is 1.22 bits per heavy atom. The van der Waals surface area contributed by atoms with Crippen molar-refractivity contribution in [1.82, 2.24) is 5.32 Å². The Hall–Kier alpha value is -2.86. The lowest BCUT2D eigenvalue weighted by molar-refractivity contribution is -0.119. The lowest BCUT2D eigenvalue weighted by Crippen LogP contribution is -2.28. The molecule has 0 aliphatic carbocycles. The average Bonchev–Trinajstić information content (AvgIpc) is 2.86. The van der Waals surface area contributed by atoms with Gasteiger partial charge < -0.3 is 20.7 Å². The van der Waals surface area contributed by atoms with Crippen molar-refractivity contribution >= 4 is 23.2 Å². The van der Waals surface area contributed by atoms with Crippen LogP contribution in [0, 0.1) is 6.92 Å². The van der Waals surface area contributed by atoms with Gasteiger partial charge in [-0.3, -0.25) is 9.59 Å². The van der Waals surface area contributed by atoms with E-state index in [4.69, 9.17) is 4.74 Å². The van der Waals surface area contributed by atoms with Crippen molar-refractivity contribution in [3.8, 4) is 5.75 Å². The number of anilines is 2. The van der Waals surface area contributed by atoms with Crippen molar-refractivity contribution in [2.45, 2.75) is 32.7 Å². The molecule has 142 valence electrons. The molecule has 0 radical (unpaired) electrons. The van der Waals surface area contributed by atoms with Crippen molar-refractivity contribution in [2.24, 2.45) is 0 Å². The third kappa shape index (κ3) is 3.80. The van der Waals surface area contributed by atoms with Crippen LogP contribution in [-0.2, 0) is 21.5 Å². The van der Waals surface area contributed by atoms with Crippen molar-refractivity contribution in [3.05, 3.63) is 53.1 Å². The monoisotopic (exact) mass is 367 g/mol. The number of fused-ring (bicyclic) bond motifs is 1. The number of amides is 2. The number of carbonyl (C=O) groups excluding carboxylic acids is 2. The number of benzene rings is 2. The summed E-state index contributed by atoms with van der Waals surface area (Å²) >= 11 is 0. The molecule has 1 aliphatic rings. The lowest BCUT2D eigenvalue weighted by Gasteiger charge is -2.17. The third-order valence-electron chi connectivity index (χ3n) is 4.89. The average molecular weight is 367 g/mol. The molecule has 0 saturated heterocycles. The molecule has 0 saturated carbocycles. The summed E-state index contributed by atoms with van der Waals surface area (Å²) in [4.78, 5) is 24.5. The van der Waals surface area contributed by atoms with Crippen LogP contribution in [-0.4, -0.2) is 25.5 Å². The summed E-state index contributed by atoms with van der Waals surface area (Å²) in [6.45, 7) is 6.40. The Balaban J connectivity index is 1.63. The predicted molar refractivity (Wildman–Crippen MR) is 106 cm³/mol. The van der Waals surface area contributed by atoms with Crippen LogP contribution in [0.1, 0.15) is 30.5 Å². The number of hydrogen-bond donors (Lipinski definition) is 3. The van der Waals surface area contributed by atoms with Gasteiger partial charge in [0.25, 0.3) is 0 Å². The van der Waals surface area contributed by atoms with Crippen LogP contribution in [0.4, 0.5) is 11.4 Å². The molecular weight excluding hydrogens is 342 g/mol. The highest BCUT2D eigenvalue weighted by atomic mass is 16.5. The molecule has 0 spiro atoms. The van der Waals surface area contributed by atoms with Crippen LogP contribution >= 0.6 is 0 Å². The quantitative estimate of drug-likeness (QED) is 0.733. The minimum atomic E-state index is -0.608. The van der Waals surface area contributed by atoms with Gasteiger partial charge in [0.1, 0.15) is 5.75 Å². The first-order valence-corrected chi connectivity index (χ1v) is 8.92. The second-order valence-corrected chi connectivity index (χ2v) is 7.26. The highest BCUT2D eigenvalue weighted by Crippen LogP contribution is 2.40. The Bertz CT molecular complexity index is 890. The smallest absolute Gasteiger partial charge is 0.238 e. The largest absolute Gasteiger partial charge is 0.496 e. The van der Waals surface area contributed by atoms with Crippen molar-refractivity contribution in [3.63, 3.8) is 0 Å². The van der Waals surface area contributed by atoms with Gasteiger partial charge in [0, 0.05) is 23.5 Å². The standard InChI is InChI=1S/C21H25N3O3/c1-13-9-15(10-16-19(13)24-20(26)21(16,2)3)23-18(25)12-22-11-14-7-5-6-8-17(14)27-4/h5-10,22H,11-12H2,1-4H3,(H,23,25)(H,24,26). The molecule has 0 atom stereocenters. The number of nitrogens with one attached hydrogen (secondary N) is 3. The summed E-state index contributed by atoms with van der Waals surface area (Å²) in [5.41, 5.74) is 3.77. The Labute approximate surface area is 159 Å². The predicted octanol–water partition coefficient (Wildman–Crippen LogP) is 2.96. The van der Waals surface area contributed by atoms with Gasteiger partial charge >= 0.3 is 0 Å². The van der Waals surface area contributed by atoms with E-state index >= 15 is 0 Å². The van der Waals surface area contributed by atoms with Crippen LogP contribution in [0.5, 0.6) is 5.75 Å². The van der Waals surface area contributed by atoms with Crippen LogP contribution in [0.15, 0.2) is 36.4 Å². The Kier molecular flexibility index (Phi) is 5.19. The van der Waals surface area contributed by atoms with E-state index in [9.17, 15) is 9.59 Å². The zero-order chi connectivity index (χ0) is 19.6. The molecule has 0 aromatic heterocycles. The summed E-state index contributed by atoms with van der Waals surface area (Å²) in [6, 6.07) is 11.4. The molecule has 2 aromatic carbocycles. The topological polar surface area (TPSA) is 79.5 Å². The second-order valence-electron chi connectivity index (χ2n) is 7.26. The number of para-hydroxylation sites is 1. The van der Waals surface area contributed by atoms with Crippen LogP contribution in [0.25, 0.3) is 0 Å². The van der Waals surface area contributed by atoms with Gasteiger partial charge in [-0.05, 0) is 50.1 Å². The van der Waals surface area contributed by atoms with Crippen molar-refractivity contribution in [2.75, 3.05) is 24.3 Å². The molecule has 6 heteroatoms. The molecule has 27 heavy (non-hydrogen) atoms. The first-order chi connectivity index (χ1) is 12.8. The van der Waals surface area contributed by atoms with E-state index in [-0.39, 0.29) is 18.4 Å². The number of carbonyl (C=O) groups is 2. The minimum absolute atomic E-state index is 0.0254. The summed E-state index contributed by atoms with van der Waals surface area (Å²) in [5, 5.41) is 8.96. The van der Waals surface area contributed by atoms with Gasteiger partial charge in [-0.25, -0.2) is 0 Å². The third-order valence-corrected chi connectivity index (χ3v) is 4.89. The minimum Gasteiger partial charge on any atom is -0.496 e. The fraction of sp³-hybridized carbons (Fsp3) is 0.333. The molecule has 6 nitrogen and oxygen atoms in total. The van der Waals surface area contributed by atoms with E-state index in [0.717, 1.165) is 28.1 Å². The number of methoxy groups -OCH3 is 1. The number of ether oxygens (including phenoxy) is 1. The van der Waals surface area contributed by atoms with E-state index in [1.165, 1.54) is 0 Å². The van der Waals surface area contributed by atoms with Crippen molar-refractivity contribution in [1.29, 1.82) is 0 Å². The zero-order valence-electron chi connectivity index (χ0n) is 16.1. The SMILES string of the molecule is COc1ccccc1CNCC(=O)Nc1cc(C)c2c(c1)C(C)(C)C(=O)N2. The van der Waals surface area contributed by atoms with E-state index in [1.54, 1.807) is 7.11 Å². The number of hydrogen-bond acceptors (Lipinski definition) is 4. The number of aryl methyl sites for hydroxylation is 1. The zero-order valence-corrected chi connectivity index (χ0v) is 16.1. The first-order valence-electron chi connectivity index (χ1n) is 8.92. The summed E-state index contributed by atoms with van der Waals surface area (Å²) in [5.74, 6) is 0.626. The molecule has 1 aliphatic heterocycles. The van der Waals surface area contributed by atoms with Gasteiger partial charge in [-0.15, -0.1) is 0 Å². The Morgan fingerprint density at radius 3 is 2.70 bits per heavy atom.